The molecular formula is C12H18BN4O2S. The molecule has 1 aromatic heterocycles. The third-order valence-corrected chi connectivity index (χ3v) is 4.18. The fourth-order valence-corrected chi connectivity index (χ4v) is 2.75. The molecule has 1 saturated heterocycles. The highest BCUT2D eigenvalue weighted by molar-refractivity contribution is 8.00. The summed E-state index contributed by atoms with van der Waals surface area (Å²) in [5.74, 6) is -0.236. The zero-order valence-electron chi connectivity index (χ0n) is 11.8. The lowest BCUT2D eigenvalue weighted by atomic mass is 9.72. The van der Waals surface area contributed by atoms with Crippen molar-refractivity contribution in [2.24, 2.45) is 0 Å². The molecule has 2 heterocycles. The van der Waals surface area contributed by atoms with Crippen molar-refractivity contribution in [1.82, 2.24) is 19.9 Å². The zero-order chi connectivity index (χ0) is 14.5. The van der Waals surface area contributed by atoms with Crippen molar-refractivity contribution in [1.29, 1.82) is 0 Å². The predicted octanol–water partition coefficient (Wildman–Crippen LogP) is 0.829. The quantitative estimate of drug-likeness (QED) is 0.423. The van der Waals surface area contributed by atoms with Gasteiger partial charge in [-0.05, 0) is 6.26 Å². The van der Waals surface area contributed by atoms with Gasteiger partial charge in [-0.25, -0.2) is 0 Å². The monoisotopic (exact) mass is 293 g/mol. The van der Waals surface area contributed by atoms with Gasteiger partial charge in [-0.2, -0.15) is 11.8 Å². The average molecular weight is 293 g/mol. The number of hydrogen-bond acceptors (Lipinski definition) is 5. The van der Waals surface area contributed by atoms with E-state index in [1.807, 2.05) is 6.26 Å². The Balaban J connectivity index is 1.93. The number of hydrogen-bond donors (Lipinski definition) is 0. The van der Waals surface area contributed by atoms with E-state index in [9.17, 15) is 9.59 Å². The number of likely N-dealkylation sites (tertiary alicyclic amines) is 1. The lowest BCUT2D eigenvalue weighted by Crippen LogP contribution is -2.30. The number of aryl methyl sites for hydroxylation is 1. The van der Waals surface area contributed by atoms with Crippen molar-refractivity contribution >= 4 is 30.9 Å². The standard InChI is InChI=1S/C12H18BN4O2S/c1-3-13-4-5-16-7-9(14-15-16)8-17-11(18)6-10(20-2)12(17)19/h7,10H,3-6,8H2,1-2H3. The van der Waals surface area contributed by atoms with E-state index in [4.69, 9.17) is 0 Å². The van der Waals surface area contributed by atoms with Gasteiger partial charge in [0.1, 0.15) is 13.0 Å². The molecule has 1 aliphatic rings. The van der Waals surface area contributed by atoms with Crippen LogP contribution in [0.4, 0.5) is 0 Å². The normalized spacial score (nSPS) is 18.9. The number of nitrogens with zero attached hydrogens (tertiary/aromatic N) is 4. The molecule has 107 valence electrons. The van der Waals surface area contributed by atoms with Crippen molar-refractivity contribution in [2.75, 3.05) is 6.26 Å². The molecule has 1 fully saturated rings. The van der Waals surface area contributed by atoms with Crippen LogP contribution >= 0.6 is 11.8 Å². The Bertz CT molecular complexity index is 494. The van der Waals surface area contributed by atoms with Crippen LogP contribution in [0.3, 0.4) is 0 Å². The summed E-state index contributed by atoms with van der Waals surface area (Å²) in [4.78, 5) is 25.1. The molecule has 1 aromatic rings. The summed E-state index contributed by atoms with van der Waals surface area (Å²) in [6.45, 7) is 3.10. The molecule has 20 heavy (non-hydrogen) atoms. The molecule has 0 aliphatic carbocycles. The molecule has 1 aliphatic heterocycles. The van der Waals surface area contributed by atoms with Gasteiger partial charge in [-0.15, -0.1) is 5.10 Å². The van der Waals surface area contributed by atoms with Gasteiger partial charge in [0.05, 0.1) is 18.0 Å². The second-order valence-corrected chi connectivity index (χ2v) is 5.75. The van der Waals surface area contributed by atoms with Crippen molar-refractivity contribution in [2.45, 2.75) is 44.3 Å². The van der Waals surface area contributed by atoms with E-state index in [1.165, 1.54) is 16.7 Å². The van der Waals surface area contributed by atoms with E-state index in [0.29, 0.717) is 12.1 Å². The Kier molecular flexibility index (Phi) is 5.22. The highest BCUT2D eigenvalue weighted by Gasteiger charge is 2.38. The molecule has 0 saturated carbocycles. The van der Waals surface area contributed by atoms with E-state index in [1.54, 1.807) is 10.9 Å². The van der Waals surface area contributed by atoms with Crippen LogP contribution in [0, 0.1) is 0 Å². The van der Waals surface area contributed by atoms with Gasteiger partial charge in [-0.1, -0.05) is 24.8 Å². The average Bonchev–Trinajstić information content (AvgIpc) is 2.99. The molecule has 1 atom stereocenters. The summed E-state index contributed by atoms with van der Waals surface area (Å²) in [6, 6.07) is 0. The SMILES string of the molecule is CC[B]CCn1cc(CN2C(=O)CC(SC)C2=O)nn1. The van der Waals surface area contributed by atoms with Crippen LogP contribution < -0.4 is 0 Å². The number of thioether (sulfide) groups is 1. The van der Waals surface area contributed by atoms with Crippen LogP contribution in [0.15, 0.2) is 6.20 Å². The molecule has 2 rings (SSSR count). The summed E-state index contributed by atoms with van der Waals surface area (Å²) in [5.41, 5.74) is 0.657. The Morgan fingerprint density at radius 1 is 1.50 bits per heavy atom. The maximum Gasteiger partial charge on any atom is 0.243 e. The first-order valence-corrected chi connectivity index (χ1v) is 8.02. The number of amides is 2. The summed E-state index contributed by atoms with van der Waals surface area (Å²) in [6.07, 6.45) is 5.92. The summed E-state index contributed by atoms with van der Waals surface area (Å²) < 4.78 is 1.75. The van der Waals surface area contributed by atoms with Gasteiger partial charge < -0.3 is 0 Å². The highest BCUT2D eigenvalue weighted by Crippen LogP contribution is 2.24. The lowest BCUT2D eigenvalue weighted by molar-refractivity contribution is -0.139. The first-order valence-electron chi connectivity index (χ1n) is 6.73. The van der Waals surface area contributed by atoms with Crippen molar-refractivity contribution in [3.63, 3.8) is 0 Å². The highest BCUT2D eigenvalue weighted by atomic mass is 32.2. The van der Waals surface area contributed by atoms with Crippen LogP contribution in [-0.4, -0.2) is 50.5 Å². The zero-order valence-corrected chi connectivity index (χ0v) is 12.6. The number of imide groups is 1. The van der Waals surface area contributed by atoms with E-state index in [-0.39, 0.29) is 23.6 Å². The largest absolute Gasteiger partial charge is 0.275 e. The first kappa shape index (κ1) is 15.1. The summed E-state index contributed by atoms with van der Waals surface area (Å²) in [7, 11) is 2.18. The fourth-order valence-electron chi connectivity index (χ4n) is 2.11. The van der Waals surface area contributed by atoms with Crippen molar-refractivity contribution < 1.29 is 9.59 Å². The molecule has 0 spiro atoms. The number of carbonyl (C=O) groups is 2. The predicted molar refractivity (Wildman–Crippen MR) is 78.5 cm³/mol. The van der Waals surface area contributed by atoms with Gasteiger partial charge in [0.2, 0.25) is 11.8 Å². The maximum atomic E-state index is 12.0. The second-order valence-electron chi connectivity index (χ2n) is 4.71. The molecule has 2 amide bonds. The molecule has 8 heteroatoms. The minimum Gasteiger partial charge on any atom is -0.275 e. The van der Waals surface area contributed by atoms with Crippen LogP contribution in [0.1, 0.15) is 19.0 Å². The van der Waals surface area contributed by atoms with Gasteiger partial charge in [0.25, 0.3) is 0 Å². The minimum atomic E-state index is -0.239. The van der Waals surface area contributed by atoms with E-state index < -0.39 is 0 Å². The van der Waals surface area contributed by atoms with E-state index >= 15 is 0 Å². The molecular weight excluding hydrogens is 275 g/mol. The first-order chi connectivity index (χ1) is 9.65. The van der Waals surface area contributed by atoms with Crippen LogP contribution in [0.25, 0.3) is 0 Å². The van der Waals surface area contributed by atoms with E-state index in [0.717, 1.165) is 19.2 Å². The van der Waals surface area contributed by atoms with Crippen LogP contribution in [-0.2, 0) is 22.7 Å². The third-order valence-electron chi connectivity index (χ3n) is 3.24. The lowest BCUT2D eigenvalue weighted by Gasteiger charge is -2.12. The molecule has 0 bridgehead atoms. The molecule has 1 radical (unpaired) electrons. The molecule has 1 unspecified atom stereocenters. The van der Waals surface area contributed by atoms with Gasteiger partial charge in [0, 0.05) is 13.0 Å². The molecule has 0 aromatic carbocycles. The van der Waals surface area contributed by atoms with Crippen molar-refractivity contribution in [3.05, 3.63) is 11.9 Å². The Morgan fingerprint density at radius 3 is 2.95 bits per heavy atom. The van der Waals surface area contributed by atoms with Gasteiger partial charge >= 0.3 is 0 Å². The van der Waals surface area contributed by atoms with Gasteiger partial charge in [-0.3, -0.25) is 19.2 Å². The van der Waals surface area contributed by atoms with Crippen LogP contribution in [0.5, 0.6) is 0 Å². The Hall–Kier alpha value is -1.31. The number of rotatable bonds is 7. The smallest absolute Gasteiger partial charge is 0.243 e. The maximum absolute atomic E-state index is 12.0. The van der Waals surface area contributed by atoms with Crippen LogP contribution in [0.2, 0.25) is 12.6 Å². The summed E-state index contributed by atoms with van der Waals surface area (Å²) in [5, 5.41) is 7.80. The summed E-state index contributed by atoms with van der Waals surface area (Å²) >= 11 is 1.42. The second kappa shape index (κ2) is 6.92. The molecule has 0 N–H and O–H groups in total. The third kappa shape index (κ3) is 3.42. The Morgan fingerprint density at radius 2 is 2.30 bits per heavy atom. The Labute approximate surface area is 123 Å². The minimum absolute atomic E-state index is 0.114. The van der Waals surface area contributed by atoms with E-state index in [2.05, 4.69) is 24.5 Å². The number of carbonyl (C=O) groups excluding carboxylic acids is 2. The molecule has 6 nitrogen and oxygen atoms in total. The number of aromatic nitrogens is 3. The topological polar surface area (TPSA) is 68.1 Å². The fraction of sp³-hybridized carbons (Fsp3) is 0.667. The van der Waals surface area contributed by atoms with Gasteiger partial charge in [0.15, 0.2) is 0 Å². The van der Waals surface area contributed by atoms with Crippen molar-refractivity contribution in [3.8, 4) is 0 Å².